The number of nitrogens with two attached hydrogens (primary N) is 1. The van der Waals surface area contributed by atoms with E-state index < -0.39 is 0 Å². The summed E-state index contributed by atoms with van der Waals surface area (Å²) in [7, 11) is 3.56. The quantitative estimate of drug-likeness (QED) is 0.777. The number of nitrogens with one attached hydrogen (secondary N) is 1. The first-order chi connectivity index (χ1) is 9.65. The van der Waals surface area contributed by atoms with Crippen LogP contribution in [0.2, 0.25) is 0 Å². The monoisotopic (exact) mass is 277 g/mol. The second-order valence-corrected chi connectivity index (χ2v) is 5.25. The standard InChI is InChI=1S/C15H23N3O2/c1-18(10-15(19)17-11-7-8-11)13(9-16)12-5-3-4-6-14(12)20-2/h3-6,11,13H,7-10,16H2,1-2H3,(H,17,19). The molecule has 1 aromatic rings. The first-order valence-corrected chi connectivity index (χ1v) is 6.98. The molecule has 1 unspecified atom stereocenters. The van der Waals surface area contributed by atoms with Gasteiger partial charge in [0.15, 0.2) is 0 Å². The van der Waals surface area contributed by atoms with E-state index in [4.69, 9.17) is 10.5 Å². The summed E-state index contributed by atoms with van der Waals surface area (Å²) >= 11 is 0. The highest BCUT2D eigenvalue weighted by Crippen LogP contribution is 2.27. The summed E-state index contributed by atoms with van der Waals surface area (Å²) in [4.78, 5) is 13.9. The number of nitrogens with zero attached hydrogens (tertiary/aromatic N) is 1. The maximum absolute atomic E-state index is 11.9. The van der Waals surface area contributed by atoms with Crippen molar-refractivity contribution in [3.05, 3.63) is 29.8 Å². The minimum Gasteiger partial charge on any atom is -0.496 e. The highest BCUT2D eigenvalue weighted by atomic mass is 16.5. The fourth-order valence-electron chi connectivity index (χ4n) is 2.32. The van der Waals surface area contributed by atoms with E-state index in [1.54, 1.807) is 7.11 Å². The van der Waals surface area contributed by atoms with E-state index in [1.807, 2.05) is 36.2 Å². The molecule has 20 heavy (non-hydrogen) atoms. The van der Waals surface area contributed by atoms with E-state index in [9.17, 15) is 4.79 Å². The van der Waals surface area contributed by atoms with Crippen LogP contribution < -0.4 is 15.8 Å². The number of methoxy groups -OCH3 is 1. The molecule has 2 rings (SSSR count). The van der Waals surface area contributed by atoms with Gasteiger partial charge in [0.1, 0.15) is 5.75 Å². The van der Waals surface area contributed by atoms with Crippen LogP contribution in [0.15, 0.2) is 24.3 Å². The molecule has 0 bridgehead atoms. The molecular weight excluding hydrogens is 254 g/mol. The van der Waals surface area contributed by atoms with Gasteiger partial charge in [-0.1, -0.05) is 18.2 Å². The van der Waals surface area contributed by atoms with Gasteiger partial charge in [0.2, 0.25) is 5.91 Å². The van der Waals surface area contributed by atoms with Gasteiger partial charge >= 0.3 is 0 Å². The van der Waals surface area contributed by atoms with Crippen molar-refractivity contribution < 1.29 is 9.53 Å². The second kappa shape index (κ2) is 6.72. The fourth-order valence-corrected chi connectivity index (χ4v) is 2.32. The summed E-state index contributed by atoms with van der Waals surface area (Å²) in [6.07, 6.45) is 2.20. The molecule has 0 saturated heterocycles. The summed E-state index contributed by atoms with van der Waals surface area (Å²) in [6.45, 7) is 0.782. The zero-order chi connectivity index (χ0) is 14.5. The Bertz CT molecular complexity index is 460. The average molecular weight is 277 g/mol. The molecule has 0 radical (unpaired) electrons. The summed E-state index contributed by atoms with van der Waals surface area (Å²) in [5.74, 6) is 0.862. The average Bonchev–Trinajstić information content (AvgIpc) is 3.23. The van der Waals surface area contributed by atoms with Gasteiger partial charge in [-0.3, -0.25) is 9.69 Å². The van der Waals surface area contributed by atoms with E-state index in [2.05, 4.69) is 5.32 Å². The molecule has 0 aliphatic heterocycles. The number of likely N-dealkylation sites (N-methyl/N-ethyl adjacent to an activating group) is 1. The van der Waals surface area contributed by atoms with Crippen molar-refractivity contribution in [2.75, 3.05) is 27.2 Å². The van der Waals surface area contributed by atoms with Crippen LogP contribution in [-0.2, 0) is 4.79 Å². The number of carbonyl (C=O) groups is 1. The Labute approximate surface area is 120 Å². The van der Waals surface area contributed by atoms with Gasteiger partial charge in [-0.2, -0.15) is 0 Å². The van der Waals surface area contributed by atoms with E-state index in [-0.39, 0.29) is 11.9 Å². The molecule has 1 atom stereocenters. The van der Waals surface area contributed by atoms with Gasteiger partial charge in [0, 0.05) is 18.2 Å². The highest BCUT2D eigenvalue weighted by molar-refractivity contribution is 5.78. The summed E-state index contributed by atoms with van der Waals surface area (Å²) in [5, 5.41) is 2.99. The van der Waals surface area contributed by atoms with Crippen molar-refractivity contribution in [1.82, 2.24) is 10.2 Å². The SMILES string of the molecule is COc1ccccc1C(CN)N(C)CC(=O)NC1CC1. The normalized spacial score (nSPS) is 16.0. The van der Waals surface area contributed by atoms with Gasteiger partial charge in [0.25, 0.3) is 0 Å². The Hall–Kier alpha value is -1.59. The maximum atomic E-state index is 11.9. The lowest BCUT2D eigenvalue weighted by Crippen LogP contribution is -2.40. The molecule has 1 saturated carbocycles. The number of hydrogen-bond donors (Lipinski definition) is 2. The van der Waals surface area contributed by atoms with Crippen molar-refractivity contribution >= 4 is 5.91 Å². The predicted molar refractivity (Wildman–Crippen MR) is 78.6 cm³/mol. The Morgan fingerprint density at radius 3 is 2.80 bits per heavy atom. The smallest absolute Gasteiger partial charge is 0.234 e. The minimum atomic E-state index is -0.0314. The van der Waals surface area contributed by atoms with Crippen LogP contribution in [0, 0.1) is 0 Å². The van der Waals surface area contributed by atoms with Gasteiger partial charge in [-0.25, -0.2) is 0 Å². The lowest BCUT2D eigenvalue weighted by atomic mass is 10.0. The Morgan fingerprint density at radius 2 is 2.20 bits per heavy atom. The van der Waals surface area contributed by atoms with E-state index in [1.165, 1.54) is 0 Å². The molecule has 1 aliphatic rings. The first-order valence-electron chi connectivity index (χ1n) is 6.98. The fraction of sp³-hybridized carbons (Fsp3) is 0.533. The Morgan fingerprint density at radius 1 is 1.50 bits per heavy atom. The number of carbonyl (C=O) groups excluding carboxylic acids is 1. The molecule has 1 aliphatic carbocycles. The van der Waals surface area contributed by atoms with Crippen LogP contribution >= 0.6 is 0 Å². The second-order valence-electron chi connectivity index (χ2n) is 5.25. The number of ether oxygens (including phenoxy) is 1. The summed E-state index contributed by atoms with van der Waals surface area (Å²) in [6, 6.07) is 8.14. The molecule has 3 N–H and O–H groups in total. The maximum Gasteiger partial charge on any atom is 0.234 e. The third-order valence-electron chi connectivity index (χ3n) is 3.59. The molecule has 0 spiro atoms. The molecule has 5 nitrogen and oxygen atoms in total. The van der Waals surface area contributed by atoms with Crippen LogP contribution in [0.25, 0.3) is 0 Å². The largest absolute Gasteiger partial charge is 0.496 e. The number of rotatable bonds is 7. The Kier molecular flexibility index (Phi) is 4.98. The summed E-state index contributed by atoms with van der Waals surface area (Å²) in [5.41, 5.74) is 6.90. The van der Waals surface area contributed by atoms with Crippen molar-refractivity contribution in [3.8, 4) is 5.75 Å². The van der Waals surface area contributed by atoms with Crippen molar-refractivity contribution in [2.45, 2.75) is 24.9 Å². The molecule has 1 amide bonds. The van der Waals surface area contributed by atoms with E-state index in [0.717, 1.165) is 24.2 Å². The number of benzene rings is 1. The molecule has 0 aromatic heterocycles. The van der Waals surface area contributed by atoms with E-state index >= 15 is 0 Å². The molecule has 1 fully saturated rings. The third-order valence-corrected chi connectivity index (χ3v) is 3.59. The molecule has 0 heterocycles. The molecular formula is C15H23N3O2. The highest BCUT2D eigenvalue weighted by Gasteiger charge is 2.25. The molecule has 110 valence electrons. The molecule has 1 aromatic carbocycles. The lowest BCUT2D eigenvalue weighted by molar-refractivity contribution is -0.122. The van der Waals surface area contributed by atoms with Crippen LogP contribution in [0.3, 0.4) is 0 Å². The zero-order valence-corrected chi connectivity index (χ0v) is 12.1. The van der Waals surface area contributed by atoms with E-state index in [0.29, 0.717) is 19.1 Å². The predicted octanol–water partition coefficient (Wildman–Crippen LogP) is 0.905. The van der Waals surface area contributed by atoms with Gasteiger partial charge in [-0.15, -0.1) is 0 Å². The van der Waals surface area contributed by atoms with Gasteiger partial charge < -0.3 is 15.8 Å². The van der Waals surface area contributed by atoms with Crippen molar-refractivity contribution in [1.29, 1.82) is 0 Å². The van der Waals surface area contributed by atoms with Gasteiger partial charge in [-0.05, 0) is 26.0 Å². The Balaban J connectivity index is 2.03. The van der Waals surface area contributed by atoms with Gasteiger partial charge in [0.05, 0.1) is 19.7 Å². The first kappa shape index (κ1) is 14.8. The number of para-hydroxylation sites is 1. The van der Waals surface area contributed by atoms with Crippen LogP contribution in [0.4, 0.5) is 0 Å². The number of hydrogen-bond acceptors (Lipinski definition) is 4. The topological polar surface area (TPSA) is 67.6 Å². The van der Waals surface area contributed by atoms with Crippen molar-refractivity contribution in [2.24, 2.45) is 5.73 Å². The van der Waals surface area contributed by atoms with Crippen LogP contribution in [0.1, 0.15) is 24.4 Å². The summed E-state index contributed by atoms with van der Waals surface area (Å²) < 4.78 is 5.38. The van der Waals surface area contributed by atoms with Crippen LogP contribution in [0.5, 0.6) is 5.75 Å². The lowest BCUT2D eigenvalue weighted by Gasteiger charge is -2.28. The molecule has 5 heteroatoms. The zero-order valence-electron chi connectivity index (χ0n) is 12.1. The van der Waals surface area contributed by atoms with Crippen LogP contribution in [-0.4, -0.2) is 44.1 Å². The third kappa shape index (κ3) is 3.71. The number of amides is 1. The minimum absolute atomic E-state index is 0.0314. The van der Waals surface area contributed by atoms with Crippen molar-refractivity contribution in [3.63, 3.8) is 0 Å².